The number of rotatable bonds is 4. The van der Waals surface area contributed by atoms with Gasteiger partial charge >= 0.3 is 0 Å². The zero-order valence-corrected chi connectivity index (χ0v) is 15.0. The van der Waals surface area contributed by atoms with Crippen molar-refractivity contribution >= 4 is 32.7 Å². The van der Waals surface area contributed by atoms with Gasteiger partial charge in [0.05, 0.1) is 4.90 Å². The van der Waals surface area contributed by atoms with Gasteiger partial charge in [-0.1, -0.05) is 24.3 Å². The number of thioether (sulfide) groups is 1. The van der Waals surface area contributed by atoms with Crippen LogP contribution in [0.5, 0.6) is 0 Å². The second-order valence-electron chi connectivity index (χ2n) is 5.84. The molecule has 0 saturated carbocycles. The molecule has 0 unspecified atom stereocenters. The van der Waals surface area contributed by atoms with Crippen molar-refractivity contribution in [3.8, 4) is 0 Å². The molecule has 0 radical (unpaired) electrons. The maximum atomic E-state index is 11.8. The lowest BCUT2D eigenvalue weighted by molar-refractivity contribution is 0.602. The Morgan fingerprint density at radius 3 is 2.17 bits per heavy atom. The fourth-order valence-electron chi connectivity index (χ4n) is 3.09. The topological polar surface area (TPSA) is 34.1 Å². The molecule has 1 aliphatic carbocycles. The Balaban J connectivity index is 2.06. The van der Waals surface area contributed by atoms with Crippen molar-refractivity contribution in [1.82, 2.24) is 0 Å². The molecule has 2 nitrogen and oxygen atoms in total. The van der Waals surface area contributed by atoms with Crippen LogP contribution in [0.15, 0.2) is 58.3 Å². The quantitative estimate of drug-likeness (QED) is 0.739. The van der Waals surface area contributed by atoms with E-state index < -0.39 is 9.84 Å². The van der Waals surface area contributed by atoms with Crippen molar-refractivity contribution in [2.75, 3.05) is 12.5 Å². The summed E-state index contributed by atoms with van der Waals surface area (Å²) in [6.07, 6.45) is 6.52. The summed E-state index contributed by atoms with van der Waals surface area (Å²) >= 11 is 1.74. The Hall–Kier alpha value is -1.52. The molecule has 0 saturated heterocycles. The smallest absolute Gasteiger partial charge is 0.175 e. The average molecular weight is 345 g/mol. The van der Waals surface area contributed by atoms with Crippen LogP contribution < -0.4 is 0 Å². The predicted octanol–water partition coefficient (Wildman–Crippen LogP) is 4.91. The van der Waals surface area contributed by atoms with E-state index in [-0.39, 0.29) is 0 Å². The molecule has 0 amide bonds. The van der Waals surface area contributed by atoms with Gasteiger partial charge in [-0.25, -0.2) is 8.42 Å². The van der Waals surface area contributed by atoms with Crippen LogP contribution in [0.25, 0.3) is 11.1 Å². The lowest BCUT2D eigenvalue weighted by Gasteiger charge is -2.10. The van der Waals surface area contributed by atoms with Gasteiger partial charge in [-0.05, 0) is 72.1 Å². The highest BCUT2D eigenvalue weighted by molar-refractivity contribution is 7.98. The molecule has 0 aromatic heterocycles. The number of hydrogen-bond acceptors (Lipinski definition) is 3. The first-order valence-corrected chi connectivity index (χ1v) is 10.8. The van der Waals surface area contributed by atoms with Gasteiger partial charge in [0.25, 0.3) is 0 Å². The minimum Gasteiger partial charge on any atom is -0.224 e. The first-order valence-electron chi connectivity index (χ1n) is 7.66. The summed E-state index contributed by atoms with van der Waals surface area (Å²) < 4.78 is 23.6. The molecule has 0 aliphatic heterocycles. The van der Waals surface area contributed by atoms with E-state index in [4.69, 9.17) is 0 Å². The standard InChI is InChI=1S/C19H20O2S2/c1-22-16-11-9-14(10-12-16)18-7-4-8-19(18)15-5-3-6-17(13-15)23(2,20)21/h3,5-6,9-13H,4,7-8H2,1-2H3. The predicted molar refractivity (Wildman–Crippen MR) is 98.4 cm³/mol. The van der Waals surface area contributed by atoms with Crippen molar-refractivity contribution in [3.05, 3.63) is 59.7 Å². The summed E-state index contributed by atoms with van der Waals surface area (Å²) in [6, 6.07) is 16.0. The number of benzene rings is 2. The van der Waals surface area contributed by atoms with Gasteiger partial charge in [0.2, 0.25) is 0 Å². The van der Waals surface area contributed by atoms with E-state index in [1.807, 2.05) is 18.2 Å². The Labute approximate surface area is 142 Å². The summed E-state index contributed by atoms with van der Waals surface area (Å²) in [6.45, 7) is 0. The fraction of sp³-hybridized carbons (Fsp3) is 0.263. The second-order valence-corrected chi connectivity index (χ2v) is 8.73. The van der Waals surface area contributed by atoms with Crippen LogP contribution in [0, 0.1) is 0 Å². The van der Waals surface area contributed by atoms with Crippen LogP contribution in [0.4, 0.5) is 0 Å². The van der Waals surface area contributed by atoms with Crippen molar-refractivity contribution in [2.24, 2.45) is 0 Å². The summed E-state index contributed by atoms with van der Waals surface area (Å²) in [5, 5.41) is 0. The molecule has 0 bridgehead atoms. The van der Waals surface area contributed by atoms with Crippen LogP contribution in [0.2, 0.25) is 0 Å². The van der Waals surface area contributed by atoms with E-state index in [9.17, 15) is 8.42 Å². The number of hydrogen-bond donors (Lipinski definition) is 0. The normalized spacial score (nSPS) is 15.2. The largest absolute Gasteiger partial charge is 0.224 e. The van der Waals surface area contributed by atoms with E-state index >= 15 is 0 Å². The molecule has 2 aromatic rings. The third kappa shape index (κ3) is 3.54. The molecule has 0 heterocycles. The average Bonchev–Trinajstić information content (AvgIpc) is 3.04. The van der Waals surface area contributed by atoms with Crippen molar-refractivity contribution < 1.29 is 8.42 Å². The van der Waals surface area contributed by atoms with E-state index in [1.54, 1.807) is 17.8 Å². The molecule has 0 N–H and O–H groups in total. The molecular formula is C19H20O2S2. The molecule has 0 atom stereocenters. The van der Waals surface area contributed by atoms with Crippen molar-refractivity contribution in [3.63, 3.8) is 0 Å². The third-order valence-corrected chi connectivity index (χ3v) is 6.12. The van der Waals surface area contributed by atoms with E-state index in [0.29, 0.717) is 4.90 Å². The van der Waals surface area contributed by atoms with Crippen LogP contribution in [-0.4, -0.2) is 20.9 Å². The third-order valence-electron chi connectivity index (χ3n) is 4.27. The van der Waals surface area contributed by atoms with Gasteiger partial charge in [0, 0.05) is 11.2 Å². The van der Waals surface area contributed by atoms with Crippen LogP contribution in [0.3, 0.4) is 0 Å². The number of sulfone groups is 1. The van der Waals surface area contributed by atoms with Crippen molar-refractivity contribution in [2.45, 2.75) is 29.1 Å². The van der Waals surface area contributed by atoms with Crippen molar-refractivity contribution in [1.29, 1.82) is 0 Å². The number of allylic oxidation sites excluding steroid dienone is 2. The Morgan fingerprint density at radius 2 is 1.57 bits per heavy atom. The second kappa shape index (κ2) is 6.54. The van der Waals surface area contributed by atoms with E-state index in [1.165, 1.54) is 27.9 Å². The van der Waals surface area contributed by atoms with Gasteiger partial charge in [-0.3, -0.25) is 0 Å². The Morgan fingerprint density at radius 1 is 0.913 bits per heavy atom. The minimum absolute atomic E-state index is 0.395. The Bertz CT molecular complexity index is 847. The summed E-state index contributed by atoms with van der Waals surface area (Å²) in [5.41, 5.74) is 4.92. The van der Waals surface area contributed by atoms with Gasteiger partial charge in [0.1, 0.15) is 0 Å². The lowest BCUT2D eigenvalue weighted by Crippen LogP contribution is -1.98. The van der Waals surface area contributed by atoms with Crippen LogP contribution in [-0.2, 0) is 9.84 Å². The van der Waals surface area contributed by atoms with Gasteiger partial charge in [0.15, 0.2) is 9.84 Å². The molecule has 2 aromatic carbocycles. The zero-order valence-electron chi connectivity index (χ0n) is 13.4. The minimum atomic E-state index is -3.17. The van der Waals surface area contributed by atoms with Gasteiger partial charge in [-0.15, -0.1) is 11.8 Å². The highest BCUT2D eigenvalue weighted by Gasteiger charge is 2.19. The maximum absolute atomic E-state index is 11.8. The summed E-state index contributed by atoms with van der Waals surface area (Å²) in [4.78, 5) is 1.65. The highest BCUT2D eigenvalue weighted by atomic mass is 32.2. The monoisotopic (exact) mass is 344 g/mol. The molecule has 23 heavy (non-hydrogen) atoms. The molecule has 3 rings (SSSR count). The van der Waals surface area contributed by atoms with E-state index in [0.717, 1.165) is 24.8 Å². The lowest BCUT2D eigenvalue weighted by atomic mass is 9.97. The first-order chi connectivity index (χ1) is 11.0. The first kappa shape index (κ1) is 16.3. The molecule has 120 valence electrons. The summed E-state index contributed by atoms with van der Waals surface area (Å²) in [5.74, 6) is 0. The van der Waals surface area contributed by atoms with Gasteiger partial charge < -0.3 is 0 Å². The molecule has 0 spiro atoms. The molecular weight excluding hydrogens is 324 g/mol. The zero-order chi connectivity index (χ0) is 16.4. The highest BCUT2D eigenvalue weighted by Crippen LogP contribution is 2.40. The summed E-state index contributed by atoms with van der Waals surface area (Å²) in [7, 11) is -3.17. The fourth-order valence-corrected chi connectivity index (χ4v) is 4.16. The van der Waals surface area contributed by atoms with Crippen LogP contribution >= 0.6 is 11.8 Å². The van der Waals surface area contributed by atoms with Gasteiger partial charge in [-0.2, -0.15) is 0 Å². The SMILES string of the molecule is CSc1ccc(C2=C(c3cccc(S(C)(=O)=O)c3)CCC2)cc1. The Kier molecular flexibility index (Phi) is 4.64. The molecule has 4 heteroatoms. The molecule has 0 fully saturated rings. The van der Waals surface area contributed by atoms with Crippen LogP contribution in [0.1, 0.15) is 30.4 Å². The van der Waals surface area contributed by atoms with E-state index in [2.05, 4.69) is 30.5 Å². The molecule has 1 aliphatic rings. The maximum Gasteiger partial charge on any atom is 0.175 e.